The second-order valence-corrected chi connectivity index (χ2v) is 5.40. The molecular formula is C13H17N5S. The Bertz CT molecular complexity index is 536. The van der Waals surface area contributed by atoms with Gasteiger partial charge in [-0.3, -0.25) is 0 Å². The van der Waals surface area contributed by atoms with E-state index in [0.717, 1.165) is 36.1 Å². The lowest BCUT2D eigenvalue weighted by Crippen LogP contribution is -2.09. The Labute approximate surface area is 116 Å². The van der Waals surface area contributed by atoms with E-state index in [1.165, 1.54) is 12.8 Å². The molecule has 2 N–H and O–H groups in total. The Hall–Kier alpha value is -1.69. The van der Waals surface area contributed by atoms with Crippen LogP contribution in [0.3, 0.4) is 0 Å². The first-order chi connectivity index (χ1) is 9.35. The summed E-state index contributed by atoms with van der Waals surface area (Å²) < 4.78 is 0. The van der Waals surface area contributed by atoms with Crippen molar-refractivity contribution >= 4 is 23.0 Å². The molecule has 1 aliphatic carbocycles. The fourth-order valence-corrected chi connectivity index (χ4v) is 2.48. The van der Waals surface area contributed by atoms with Crippen LogP contribution in [0.25, 0.3) is 0 Å². The van der Waals surface area contributed by atoms with Gasteiger partial charge in [0.15, 0.2) is 0 Å². The monoisotopic (exact) mass is 275 g/mol. The van der Waals surface area contributed by atoms with Crippen molar-refractivity contribution in [2.75, 3.05) is 24.2 Å². The SMILES string of the molecule is CNc1cc(NCCc2cscn2)nc(C2CC2)n1. The van der Waals surface area contributed by atoms with E-state index in [9.17, 15) is 0 Å². The zero-order valence-electron chi connectivity index (χ0n) is 10.9. The summed E-state index contributed by atoms with van der Waals surface area (Å²) in [6, 6.07) is 1.95. The average molecular weight is 275 g/mol. The molecule has 1 saturated carbocycles. The van der Waals surface area contributed by atoms with Gasteiger partial charge in [-0.25, -0.2) is 15.0 Å². The third-order valence-electron chi connectivity index (χ3n) is 3.11. The van der Waals surface area contributed by atoms with E-state index in [-0.39, 0.29) is 0 Å². The molecule has 0 atom stereocenters. The summed E-state index contributed by atoms with van der Waals surface area (Å²) >= 11 is 1.63. The highest BCUT2D eigenvalue weighted by atomic mass is 32.1. The van der Waals surface area contributed by atoms with E-state index in [2.05, 4.69) is 31.0 Å². The van der Waals surface area contributed by atoms with Crippen LogP contribution in [-0.4, -0.2) is 28.5 Å². The topological polar surface area (TPSA) is 62.7 Å². The van der Waals surface area contributed by atoms with Crippen LogP contribution in [0.2, 0.25) is 0 Å². The minimum Gasteiger partial charge on any atom is -0.373 e. The van der Waals surface area contributed by atoms with Gasteiger partial charge in [0.2, 0.25) is 0 Å². The van der Waals surface area contributed by atoms with Crippen LogP contribution in [0, 0.1) is 0 Å². The van der Waals surface area contributed by atoms with Crippen molar-refractivity contribution in [2.24, 2.45) is 0 Å². The number of anilines is 2. The Morgan fingerprint density at radius 2 is 2.16 bits per heavy atom. The molecule has 0 amide bonds. The minimum absolute atomic E-state index is 0.562. The predicted octanol–water partition coefficient (Wildman–Crippen LogP) is 2.51. The Morgan fingerprint density at radius 1 is 1.32 bits per heavy atom. The van der Waals surface area contributed by atoms with Gasteiger partial charge in [-0.2, -0.15) is 0 Å². The molecule has 0 aliphatic heterocycles. The minimum atomic E-state index is 0.562. The summed E-state index contributed by atoms with van der Waals surface area (Å²) in [7, 11) is 1.89. The maximum atomic E-state index is 4.58. The Kier molecular flexibility index (Phi) is 3.59. The molecule has 0 saturated heterocycles. The van der Waals surface area contributed by atoms with Gasteiger partial charge in [0.05, 0.1) is 11.2 Å². The van der Waals surface area contributed by atoms with Crippen LogP contribution < -0.4 is 10.6 Å². The summed E-state index contributed by atoms with van der Waals surface area (Å²) in [6.45, 7) is 0.841. The lowest BCUT2D eigenvalue weighted by atomic mass is 10.3. The van der Waals surface area contributed by atoms with Gasteiger partial charge in [-0.15, -0.1) is 11.3 Å². The molecule has 0 radical (unpaired) electrons. The fraction of sp³-hybridized carbons (Fsp3) is 0.462. The first-order valence-electron chi connectivity index (χ1n) is 6.53. The predicted molar refractivity (Wildman–Crippen MR) is 77.9 cm³/mol. The van der Waals surface area contributed by atoms with E-state index < -0.39 is 0 Å². The average Bonchev–Trinajstić information content (AvgIpc) is 3.17. The maximum absolute atomic E-state index is 4.58. The van der Waals surface area contributed by atoms with Crippen molar-refractivity contribution in [1.29, 1.82) is 0 Å². The van der Waals surface area contributed by atoms with Crippen molar-refractivity contribution in [3.8, 4) is 0 Å². The van der Waals surface area contributed by atoms with Crippen molar-refractivity contribution in [3.05, 3.63) is 28.5 Å². The number of nitrogens with one attached hydrogen (secondary N) is 2. The summed E-state index contributed by atoms with van der Waals surface area (Å²) in [5, 5.41) is 8.53. The van der Waals surface area contributed by atoms with Gasteiger partial charge in [-0.1, -0.05) is 0 Å². The number of nitrogens with zero attached hydrogens (tertiary/aromatic N) is 3. The first kappa shape index (κ1) is 12.3. The quantitative estimate of drug-likeness (QED) is 0.848. The molecule has 0 aromatic carbocycles. The third kappa shape index (κ3) is 3.20. The van der Waals surface area contributed by atoms with Gasteiger partial charge in [0.1, 0.15) is 17.5 Å². The van der Waals surface area contributed by atoms with E-state index in [1.54, 1.807) is 11.3 Å². The highest BCUT2D eigenvalue weighted by Crippen LogP contribution is 2.38. The van der Waals surface area contributed by atoms with Crippen molar-refractivity contribution in [1.82, 2.24) is 15.0 Å². The second kappa shape index (κ2) is 5.52. The molecule has 2 aromatic heterocycles. The second-order valence-electron chi connectivity index (χ2n) is 4.68. The number of hydrogen-bond donors (Lipinski definition) is 2. The van der Waals surface area contributed by atoms with Gasteiger partial charge in [-0.05, 0) is 12.8 Å². The molecule has 100 valence electrons. The molecule has 1 aliphatic rings. The number of thiazole rings is 1. The smallest absolute Gasteiger partial charge is 0.136 e. The number of hydrogen-bond acceptors (Lipinski definition) is 6. The standard InChI is InChI=1S/C13H17N5S/c1-14-11-6-12(18-13(17-11)9-2-3-9)15-5-4-10-7-19-8-16-10/h6-9H,2-5H2,1H3,(H2,14,15,17,18). The van der Waals surface area contributed by atoms with E-state index in [4.69, 9.17) is 0 Å². The number of aromatic nitrogens is 3. The Balaban J connectivity index is 1.64. The van der Waals surface area contributed by atoms with Gasteiger partial charge >= 0.3 is 0 Å². The van der Waals surface area contributed by atoms with E-state index in [0.29, 0.717) is 5.92 Å². The maximum Gasteiger partial charge on any atom is 0.136 e. The summed E-state index contributed by atoms with van der Waals surface area (Å²) in [5.74, 6) is 3.31. The van der Waals surface area contributed by atoms with Gasteiger partial charge < -0.3 is 10.6 Å². The molecule has 0 unspecified atom stereocenters. The third-order valence-corrected chi connectivity index (χ3v) is 3.75. The van der Waals surface area contributed by atoms with E-state index >= 15 is 0 Å². The molecule has 3 rings (SSSR count). The summed E-state index contributed by atoms with van der Waals surface area (Å²) in [4.78, 5) is 13.4. The first-order valence-corrected chi connectivity index (χ1v) is 7.47. The normalized spacial score (nSPS) is 14.4. The Morgan fingerprint density at radius 3 is 2.84 bits per heavy atom. The molecule has 19 heavy (non-hydrogen) atoms. The van der Waals surface area contributed by atoms with E-state index in [1.807, 2.05) is 18.6 Å². The zero-order valence-corrected chi connectivity index (χ0v) is 11.7. The van der Waals surface area contributed by atoms with Gasteiger partial charge in [0, 0.05) is 37.4 Å². The van der Waals surface area contributed by atoms with Crippen LogP contribution in [0.15, 0.2) is 17.0 Å². The zero-order chi connectivity index (χ0) is 13.1. The summed E-state index contributed by atoms with van der Waals surface area (Å²) in [5.41, 5.74) is 2.99. The fourth-order valence-electron chi connectivity index (χ4n) is 1.89. The molecule has 2 heterocycles. The van der Waals surface area contributed by atoms with Crippen LogP contribution in [0.4, 0.5) is 11.6 Å². The lowest BCUT2D eigenvalue weighted by Gasteiger charge is -2.09. The van der Waals surface area contributed by atoms with Crippen molar-refractivity contribution in [3.63, 3.8) is 0 Å². The molecule has 1 fully saturated rings. The largest absolute Gasteiger partial charge is 0.373 e. The molecular weight excluding hydrogens is 258 g/mol. The highest BCUT2D eigenvalue weighted by Gasteiger charge is 2.27. The van der Waals surface area contributed by atoms with Crippen LogP contribution in [0.5, 0.6) is 0 Å². The highest BCUT2D eigenvalue weighted by molar-refractivity contribution is 7.07. The molecule has 5 nitrogen and oxygen atoms in total. The van der Waals surface area contributed by atoms with Crippen molar-refractivity contribution in [2.45, 2.75) is 25.2 Å². The summed E-state index contributed by atoms with van der Waals surface area (Å²) in [6.07, 6.45) is 3.35. The number of rotatable bonds is 6. The van der Waals surface area contributed by atoms with Gasteiger partial charge in [0.25, 0.3) is 0 Å². The molecule has 0 spiro atoms. The molecule has 2 aromatic rings. The lowest BCUT2D eigenvalue weighted by molar-refractivity contribution is 0.911. The molecule has 6 heteroatoms. The molecule has 0 bridgehead atoms. The van der Waals surface area contributed by atoms with Crippen LogP contribution >= 0.6 is 11.3 Å². The van der Waals surface area contributed by atoms with Crippen LogP contribution in [0.1, 0.15) is 30.3 Å². The van der Waals surface area contributed by atoms with Crippen LogP contribution in [-0.2, 0) is 6.42 Å². The van der Waals surface area contributed by atoms with Crippen molar-refractivity contribution < 1.29 is 0 Å².